The van der Waals surface area contributed by atoms with Gasteiger partial charge < -0.3 is 0 Å². The number of nitriles is 1. The van der Waals surface area contributed by atoms with Crippen LogP contribution in [-0.4, -0.2) is 16.0 Å². The molecule has 1 rings (SSSR count). The summed E-state index contributed by atoms with van der Waals surface area (Å²) in [5.74, 6) is 0. The smallest absolute Gasteiger partial charge is 0.259 e. The molecular weight excluding hydrogens is 214 g/mol. The quantitative estimate of drug-likeness (QED) is 0.427. The van der Waals surface area contributed by atoms with Gasteiger partial charge >= 0.3 is 6.17 Å². The Hall–Kier alpha value is -2.49. The summed E-state index contributed by atoms with van der Waals surface area (Å²) in [7, 11) is 0. The first-order chi connectivity index (χ1) is 7.54. The van der Waals surface area contributed by atoms with E-state index in [9.17, 15) is 20.2 Å². The first-order valence-electron chi connectivity index (χ1n) is 4.30. The van der Waals surface area contributed by atoms with Crippen molar-refractivity contribution in [2.75, 3.05) is 0 Å². The van der Waals surface area contributed by atoms with Crippen LogP contribution in [0, 0.1) is 31.6 Å². The number of nitro groups is 2. The lowest BCUT2D eigenvalue weighted by Crippen LogP contribution is -2.30. The molecule has 1 aromatic rings. The van der Waals surface area contributed by atoms with Crippen molar-refractivity contribution in [2.24, 2.45) is 0 Å². The van der Waals surface area contributed by atoms with Crippen LogP contribution in [0.3, 0.4) is 0 Å². The summed E-state index contributed by atoms with van der Waals surface area (Å²) in [6.45, 7) is 0. The zero-order chi connectivity index (χ0) is 12.1. The molecule has 0 saturated carbocycles. The van der Waals surface area contributed by atoms with Crippen LogP contribution in [0.15, 0.2) is 24.3 Å². The van der Waals surface area contributed by atoms with Crippen molar-refractivity contribution in [3.05, 3.63) is 55.6 Å². The van der Waals surface area contributed by atoms with Gasteiger partial charge in [0, 0.05) is 0 Å². The van der Waals surface area contributed by atoms with Gasteiger partial charge in [0.1, 0.15) is 6.42 Å². The summed E-state index contributed by atoms with van der Waals surface area (Å²) < 4.78 is 0. The summed E-state index contributed by atoms with van der Waals surface area (Å²) in [5.41, 5.74) is 0.723. The van der Waals surface area contributed by atoms with Crippen LogP contribution < -0.4 is 0 Å². The Morgan fingerprint density at radius 1 is 1.31 bits per heavy atom. The molecule has 0 amide bonds. The summed E-state index contributed by atoms with van der Waals surface area (Å²) in [4.78, 5) is 18.9. The molecule has 1 aromatic carbocycles. The van der Waals surface area contributed by atoms with Crippen LogP contribution in [0.2, 0.25) is 0 Å². The Bertz CT molecular complexity index is 452. The van der Waals surface area contributed by atoms with E-state index in [1.54, 1.807) is 0 Å². The van der Waals surface area contributed by atoms with E-state index >= 15 is 0 Å². The third kappa shape index (κ3) is 2.75. The second kappa shape index (κ2) is 4.84. The van der Waals surface area contributed by atoms with Gasteiger partial charge in [-0.25, -0.2) is 0 Å². The molecule has 7 heteroatoms. The minimum absolute atomic E-state index is 0.322. The SMILES string of the molecule is N#Cc1cccc(CC([N+](=O)[O-])[N+](=O)[O-])c1. The van der Waals surface area contributed by atoms with Crippen molar-refractivity contribution in [3.8, 4) is 6.07 Å². The van der Waals surface area contributed by atoms with Gasteiger partial charge in [-0.15, -0.1) is 0 Å². The van der Waals surface area contributed by atoms with E-state index in [2.05, 4.69) is 0 Å². The van der Waals surface area contributed by atoms with Crippen molar-refractivity contribution in [2.45, 2.75) is 12.6 Å². The van der Waals surface area contributed by atoms with E-state index in [1.165, 1.54) is 24.3 Å². The minimum Gasteiger partial charge on any atom is -0.259 e. The highest BCUT2D eigenvalue weighted by atomic mass is 16.7. The van der Waals surface area contributed by atoms with Gasteiger partial charge in [0.15, 0.2) is 0 Å². The number of hydrogen-bond acceptors (Lipinski definition) is 5. The van der Waals surface area contributed by atoms with Crippen LogP contribution >= 0.6 is 0 Å². The fourth-order valence-electron chi connectivity index (χ4n) is 1.20. The molecule has 0 saturated heterocycles. The summed E-state index contributed by atoms with van der Waals surface area (Å²) in [6, 6.07) is 7.83. The zero-order valence-corrected chi connectivity index (χ0v) is 8.07. The molecular formula is C9H7N3O4. The van der Waals surface area contributed by atoms with Crippen LogP contribution in [0.5, 0.6) is 0 Å². The lowest BCUT2D eigenvalue weighted by atomic mass is 10.1. The molecule has 0 bridgehead atoms. The average Bonchev–Trinajstić information content (AvgIpc) is 2.25. The second-order valence-electron chi connectivity index (χ2n) is 3.07. The lowest BCUT2D eigenvalue weighted by Gasteiger charge is -2.02. The predicted octanol–water partition coefficient (Wildman–Crippen LogP) is 0.980. The van der Waals surface area contributed by atoms with E-state index in [1.807, 2.05) is 6.07 Å². The Labute approximate surface area is 90.2 Å². The molecule has 0 fully saturated rings. The third-order valence-corrected chi connectivity index (χ3v) is 1.96. The number of nitrogens with zero attached hydrogens (tertiary/aromatic N) is 3. The second-order valence-corrected chi connectivity index (χ2v) is 3.07. The van der Waals surface area contributed by atoms with Gasteiger partial charge in [0.25, 0.3) is 0 Å². The van der Waals surface area contributed by atoms with E-state index in [-0.39, 0.29) is 6.42 Å². The molecule has 0 aromatic heterocycles. The normalized spacial score (nSPS) is 9.75. The molecule has 16 heavy (non-hydrogen) atoms. The first kappa shape index (κ1) is 11.6. The molecule has 82 valence electrons. The molecule has 0 heterocycles. The monoisotopic (exact) mass is 221 g/mol. The van der Waals surface area contributed by atoms with Crippen molar-refractivity contribution >= 4 is 0 Å². The lowest BCUT2D eigenvalue weighted by molar-refractivity contribution is -0.741. The maximum atomic E-state index is 10.4. The Morgan fingerprint density at radius 2 is 1.94 bits per heavy atom. The van der Waals surface area contributed by atoms with E-state index < -0.39 is 16.0 Å². The highest BCUT2D eigenvalue weighted by Crippen LogP contribution is 2.09. The number of rotatable bonds is 4. The number of hydrogen-bond donors (Lipinski definition) is 0. The van der Waals surface area contributed by atoms with Gasteiger partial charge in [-0.3, -0.25) is 20.2 Å². The van der Waals surface area contributed by atoms with Crippen LogP contribution in [0.25, 0.3) is 0 Å². The van der Waals surface area contributed by atoms with Crippen molar-refractivity contribution in [1.82, 2.24) is 0 Å². The highest BCUT2D eigenvalue weighted by molar-refractivity contribution is 5.32. The van der Waals surface area contributed by atoms with Gasteiger partial charge in [0.05, 0.1) is 21.5 Å². The van der Waals surface area contributed by atoms with Crippen molar-refractivity contribution in [1.29, 1.82) is 5.26 Å². The number of benzene rings is 1. The van der Waals surface area contributed by atoms with Gasteiger partial charge in [0.2, 0.25) is 0 Å². The topological polar surface area (TPSA) is 110 Å². The van der Waals surface area contributed by atoms with E-state index in [0.29, 0.717) is 11.1 Å². The summed E-state index contributed by atoms with van der Waals surface area (Å²) >= 11 is 0. The Balaban J connectivity index is 2.90. The molecule has 7 nitrogen and oxygen atoms in total. The molecule has 0 radical (unpaired) electrons. The van der Waals surface area contributed by atoms with Crippen molar-refractivity contribution in [3.63, 3.8) is 0 Å². The molecule has 0 spiro atoms. The Morgan fingerprint density at radius 3 is 2.44 bits per heavy atom. The maximum Gasteiger partial charge on any atom is 0.454 e. The van der Waals surface area contributed by atoms with Crippen LogP contribution in [-0.2, 0) is 6.42 Å². The molecule has 0 unspecified atom stereocenters. The highest BCUT2D eigenvalue weighted by Gasteiger charge is 2.32. The summed E-state index contributed by atoms with van der Waals surface area (Å²) in [6.07, 6.45) is -2.19. The van der Waals surface area contributed by atoms with Gasteiger partial charge in [-0.05, 0) is 17.7 Å². The van der Waals surface area contributed by atoms with E-state index in [4.69, 9.17) is 5.26 Å². The van der Waals surface area contributed by atoms with Gasteiger partial charge in [-0.1, -0.05) is 12.1 Å². The fraction of sp³-hybridized carbons (Fsp3) is 0.222. The average molecular weight is 221 g/mol. The van der Waals surface area contributed by atoms with Gasteiger partial charge in [-0.2, -0.15) is 5.26 Å². The van der Waals surface area contributed by atoms with Crippen LogP contribution in [0.1, 0.15) is 11.1 Å². The molecule has 0 aliphatic rings. The zero-order valence-electron chi connectivity index (χ0n) is 8.07. The molecule has 0 N–H and O–H groups in total. The summed E-state index contributed by atoms with van der Waals surface area (Å²) in [5, 5.41) is 29.4. The predicted molar refractivity (Wildman–Crippen MR) is 52.6 cm³/mol. The Kier molecular flexibility index (Phi) is 3.50. The fourth-order valence-corrected chi connectivity index (χ4v) is 1.20. The molecule has 0 aliphatic carbocycles. The van der Waals surface area contributed by atoms with E-state index in [0.717, 1.165) is 0 Å². The van der Waals surface area contributed by atoms with Crippen molar-refractivity contribution < 1.29 is 9.85 Å². The maximum absolute atomic E-state index is 10.4. The first-order valence-corrected chi connectivity index (χ1v) is 4.30. The standard InChI is InChI=1S/C9H7N3O4/c10-6-8-3-1-2-7(4-8)5-9(11(13)14)12(15)16/h1-4,9H,5H2. The minimum atomic E-state index is -1.87. The molecule has 0 atom stereocenters. The molecule has 0 aliphatic heterocycles. The third-order valence-electron chi connectivity index (χ3n) is 1.96. The largest absolute Gasteiger partial charge is 0.454 e. The van der Waals surface area contributed by atoms with Crippen LogP contribution in [0.4, 0.5) is 0 Å².